The summed E-state index contributed by atoms with van der Waals surface area (Å²) >= 11 is 6.34. The molecule has 2 fully saturated rings. The lowest BCUT2D eigenvalue weighted by molar-refractivity contribution is -0.192. The first-order valence-corrected chi connectivity index (χ1v) is 12.7. The second-order valence-corrected chi connectivity index (χ2v) is 9.50. The molecule has 0 radical (unpaired) electrons. The van der Waals surface area contributed by atoms with Crippen LogP contribution in [0.4, 0.5) is 19.0 Å². The van der Waals surface area contributed by atoms with E-state index >= 15 is 0 Å². The average Bonchev–Trinajstić information content (AvgIpc) is 3.63. The van der Waals surface area contributed by atoms with E-state index in [2.05, 4.69) is 20.3 Å². The Kier molecular flexibility index (Phi) is 11.0. The van der Waals surface area contributed by atoms with E-state index in [-0.39, 0.29) is 29.1 Å². The van der Waals surface area contributed by atoms with Gasteiger partial charge in [0.05, 0.1) is 25.5 Å². The molecule has 1 saturated carbocycles. The van der Waals surface area contributed by atoms with Crippen molar-refractivity contribution in [1.82, 2.24) is 20.3 Å². The maximum absolute atomic E-state index is 13.1. The summed E-state index contributed by atoms with van der Waals surface area (Å²) in [5.41, 5.74) is 4.57. The Hall–Kier alpha value is -3.51. The molecule has 0 unspecified atom stereocenters. The maximum atomic E-state index is 13.1. The van der Waals surface area contributed by atoms with Crippen LogP contribution in [0.3, 0.4) is 0 Å². The van der Waals surface area contributed by atoms with Crippen LogP contribution >= 0.6 is 11.6 Å². The lowest BCUT2D eigenvalue weighted by atomic mass is 10.1. The van der Waals surface area contributed by atoms with E-state index < -0.39 is 12.1 Å². The van der Waals surface area contributed by atoms with Crippen molar-refractivity contribution < 1.29 is 37.3 Å². The van der Waals surface area contributed by atoms with Gasteiger partial charge in [0.1, 0.15) is 11.1 Å². The van der Waals surface area contributed by atoms with Gasteiger partial charge < -0.3 is 14.6 Å². The number of nitrogens with one attached hydrogen (secondary N) is 1. The highest BCUT2D eigenvalue weighted by Crippen LogP contribution is 2.30. The topological polar surface area (TPSA) is 141 Å². The third-order valence-corrected chi connectivity index (χ3v) is 6.29. The molecule has 1 amide bonds. The zero-order valence-electron chi connectivity index (χ0n) is 21.5. The number of carbonyl (C=O) groups excluding carboxylic acids is 1. The molecule has 40 heavy (non-hydrogen) atoms. The summed E-state index contributed by atoms with van der Waals surface area (Å²) in [4.78, 5) is 32.2. The minimum Gasteiger partial charge on any atom is -0.475 e. The van der Waals surface area contributed by atoms with Crippen molar-refractivity contribution in [3.63, 3.8) is 0 Å². The van der Waals surface area contributed by atoms with Crippen molar-refractivity contribution in [3.05, 3.63) is 52.4 Å². The van der Waals surface area contributed by atoms with Crippen molar-refractivity contribution in [3.8, 4) is 6.07 Å². The molecule has 1 saturated heterocycles. The number of hydrazine groups is 1. The summed E-state index contributed by atoms with van der Waals surface area (Å²) in [7, 11) is 2.01. The van der Waals surface area contributed by atoms with Crippen molar-refractivity contribution in [1.29, 1.82) is 5.26 Å². The number of rotatable bonds is 8. The zero-order valence-corrected chi connectivity index (χ0v) is 22.3. The number of hydrogen-bond acceptors (Lipinski definition) is 9. The fourth-order valence-corrected chi connectivity index (χ4v) is 4.32. The van der Waals surface area contributed by atoms with Gasteiger partial charge in [0.2, 0.25) is 5.82 Å². The molecular formula is C25H28ClF3N6O5. The van der Waals surface area contributed by atoms with E-state index in [9.17, 15) is 23.2 Å². The number of aromatic nitrogens is 2. The number of halogens is 4. The number of nitriles is 1. The molecule has 0 atom stereocenters. The molecule has 1 aliphatic heterocycles. The SMILES string of the molecule is CN(Cc1ccc(C(=O)NN(c2nc(C#N)ncc2Cl)C2CCCC2)cc1)CC1OCCO1.O=C(O)C(F)(F)F. The highest BCUT2D eigenvalue weighted by atomic mass is 35.5. The second kappa shape index (κ2) is 14.2. The molecule has 0 spiro atoms. The number of hydrogen-bond donors (Lipinski definition) is 2. The van der Waals surface area contributed by atoms with Crippen LogP contribution in [0.15, 0.2) is 30.5 Å². The number of alkyl halides is 3. The largest absolute Gasteiger partial charge is 0.490 e. The van der Waals surface area contributed by atoms with Gasteiger partial charge in [0, 0.05) is 18.7 Å². The Morgan fingerprint density at radius 1 is 1.20 bits per heavy atom. The number of carbonyl (C=O) groups is 2. The molecule has 15 heteroatoms. The predicted octanol–water partition coefficient (Wildman–Crippen LogP) is 3.53. The van der Waals surface area contributed by atoms with E-state index in [1.54, 1.807) is 17.1 Å². The first-order chi connectivity index (χ1) is 19.0. The smallest absolute Gasteiger partial charge is 0.475 e. The summed E-state index contributed by atoms with van der Waals surface area (Å²) in [6.45, 7) is 2.67. The van der Waals surface area contributed by atoms with Crippen LogP contribution in [0, 0.1) is 11.3 Å². The summed E-state index contributed by atoms with van der Waals surface area (Å²) in [6.07, 6.45) is 0.0545. The number of carboxylic acid groups (broad SMARTS) is 1. The summed E-state index contributed by atoms with van der Waals surface area (Å²) in [6, 6.07) is 9.46. The molecule has 2 aliphatic rings. The van der Waals surface area contributed by atoms with Crippen molar-refractivity contribution >= 4 is 29.3 Å². The minimum absolute atomic E-state index is 0.00789. The second-order valence-electron chi connectivity index (χ2n) is 9.09. The predicted molar refractivity (Wildman–Crippen MR) is 136 cm³/mol. The molecule has 1 aromatic carbocycles. The molecule has 1 aliphatic carbocycles. The lowest BCUT2D eigenvalue weighted by Crippen LogP contribution is -2.48. The number of carboxylic acids is 1. The number of amides is 1. The van der Waals surface area contributed by atoms with E-state index in [4.69, 9.17) is 31.0 Å². The van der Waals surface area contributed by atoms with Crippen LogP contribution in [0.1, 0.15) is 47.4 Å². The lowest BCUT2D eigenvalue weighted by Gasteiger charge is -2.30. The third kappa shape index (κ3) is 9.02. The van der Waals surface area contributed by atoms with E-state index in [1.165, 1.54) is 6.20 Å². The Labute approximate surface area is 233 Å². The van der Waals surface area contributed by atoms with Crippen LogP contribution < -0.4 is 10.4 Å². The van der Waals surface area contributed by atoms with Crippen LogP contribution in [0.25, 0.3) is 0 Å². The standard InChI is InChI=1S/C23H27ClN6O3.C2HF3O2/c1-29(15-21-32-10-11-33-21)14-16-6-8-17(9-7-16)23(31)28-30(18-4-2-3-5-18)22-19(24)13-26-20(12-25)27-22;3-2(4,5)1(6)7/h6-9,13,18,21H,2-5,10-11,14-15H2,1H3,(H,28,31);(H,6,7). The maximum Gasteiger partial charge on any atom is 0.490 e. The Bertz CT molecular complexity index is 1200. The first kappa shape index (κ1) is 31.0. The Balaban J connectivity index is 0.000000559. The van der Waals surface area contributed by atoms with Crippen molar-refractivity contribution in [2.24, 2.45) is 0 Å². The third-order valence-electron chi connectivity index (χ3n) is 6.03. The summed E-state index contributed by atoms with van der Waals surface area (Å²) < 4.78 is 42.7. The molecular weight excluding hydrogens is 557 g/mol. The molecule has 11 nitrogen and oxygen atoms in total. The van der Waals surface area contributed by atoms with E-state index in [0.29, 0.717) is 37.7 Å². The first-order valence-electron chi connectivity index (χ1n) is 12.3. The molecule has 2 aromatic rings. The van der Waals surface area contributed by atoms with Crippen LogP contribution in [0.2, 0.25) is 5.02 Å². The van der Waals surface area contributed by atoms with Gasteiger partial charge in [-0.3, -0.25) is 20.1 Å². The van der Waals surface area contributed by atoms with Gasteiger partial charge in [-0.15, -0.1) is 0 Å². The molecule has 2 N–H and O–H groups in total. The van der Waals surface area contributed by atoms with Crippen LogP contribution in [-0.2, 0) is 20.8 Å². The van der Waals surface area contributed by atoms with Gasteiger partial charge in [0.15, 0.2) is 12.1 Å². The molecule has 1 aromatic heterocycles. The Morgan fingerprint density at radius 3 is 2.35 bits per heavy atom. The summed E-state index contributed by atoms with van der Waals surface area (Å²) in [5, 5.41) is 18.3. The van der Waals surface area contributed by atoms with Crippen LogP contribution in [-0.4, -0.2) is 77.2 Å². The fraction of sp³-hybridized carbons (Fsp3) is 0.480. The van der Waals surface area contributed by atoms with Gasteiger partial charge in [-0.25, -0.2) is 9.78 Å². The molecule has 4 rings (SSSR count). The van der Waals surface area contributed by atoms with Crippen molar-refractivity contribution in [2.45, 2.75) is 50.7 Å². The number of benzene rings is 1. The van der Waals surface area contributed by atoms with Gasteiger partial charge >= 0.3 is 12.1 Å². The molecule has 0 bridgehead atoms. The normalized spacial score (nSPS) is 15.8. The minimum atomic E-state index is -5.08. The molecule has 216 valence electrons. The Morgan fingerprint density at radius 2 is 1.80 bits per heavy atom. The average molecular weight is 585 g/mol. The number of nitrogens with zero attached hydrogens (tertiary/aromatic N) is 5. The fourth-order valence-electron chi connectivity index (χ4n) is 4.14. The van der Waals surface area contributed by atoms with Gasteiger partial charge in [-0.2, -0.15) is 23.4 Å². The number of aliphatic carboxylic acids is 1. The van der Waals surface area contributed by atoms with Crippen molar-refractivity contribution in [2.75, 3.05) is 31.8 Å². The van der Waals surface area contributed by atoms with Gasteiger partial charge in [-0.05, 0) is 37.6 Å². The number of likely N-dealkylation sites (N-methyl/N-ethyl adjacent to an activating group) is 1. The van der Waals surface area contributed by atoms with Gasteiger partial charge in [0.25, 0.3) is 5.91 Å². The van der Waals surface area contributed by atoms with E-state index in [0.717, 1.165) is 31.2 Å². The highest BCUT2D eigenvalue weighted by Gasteiger charge is 2.38. The monoisotopic (exact) mass is 584 g/mol. The number of ether oxygens (including phenoxy) is 2. The summed E-state index contributed by atoms with van der Waals surface area (Å²) in [5.74, 6) is -2.66. The van der Waals surface area contributed by atoms with Gasteiger partial charge in [-0.1, -0.05) is 36.6 Å². The van der Waals surface area contributed by atoms with Crippen LogP contribution in [0.5, 0.6) is 0 Å². The highest BCUT2D eigenvalue weighted by molar-refractivity contribution is 6.32. The quantitative estimate of drug-likeness (QED) is 0.443. The molecule has 2 heterocycles. The van der Waals surface area contributed by atoms with E-state index in [1.807, 2.05) is 25.2 Å². The number of anilines is 1. The zero-order chi connectivity index (χ0) is 29.3.